The van der Waals surface area contributed by atoms with Gasteiger partial charge in [0.2, 0.25) is 0 Å². The number of aryl methyl sites for hydroxylation is 1. The standard InChI is InChI=1S/C22H24N2O7S2/c1-3-23(17-10-11-33(29,30)14-17)21(25)13-31-22(26)19-12-16(24(27)28)6-9-20(19)32-18-7-4-15(2)5-8-18/h4-9,12,17H,3,10-11,13-14H2,1-2H3. The van der Waals surface area contributed by atoms with Gasteiger partial charge in [0, 0.05) is 34.5 Å². The minimum Gasteiger partial charge on any atom is -0.452 e. The van der Waals surface area contributed by atoms with Crippen LogP contribution in [0.3, 0.4) is 0 Å². The van der Waals surface area contributed by atoms with E-state index in [0.717, 1.165) is 16.5 Å². The van der Waals surface area contributed by atoms with E-state index in [9.17, 15) is 28.1 Å². The molecule has 1 heterocycles. The van der Waals surface area contributed by atoms with Crippen LogP contribution >= 0.6 is 11.8 Å². The normalized spacial score (nSPS) is 16.8. The number of esters is 1. The SMILES string of the molecule is CCN(C(=O)COC(=O)c1cc([N+](=O)[O-])ccc1Sc1ccc(C)cc1)C1CCS(=O)(=O)C1. The van der Waals surface area contributed by atoms with Crippen molar-refractivity contribution in [2.75, 3.05) is 24.7 Å². The Morgan fingerprint density at radius 1 is 1.21 bits per heavy atom. The van der Waals surface area contributed by atoms with Crippen LogP contribution in [0, 0.1) is 17.0 Å². The largest absolute Gasteiger partial charge is 0.452 e. The van der Waals surface area contributed by atoms with Gasteiger partial charge in [0.05, 0.1) is 22.0 Å². The molecule has 33 heavy (non-hydrogen) atoms. The van der Waals surface area contributed by atoms with Crippen LogP contribution in [-0.4, -0.2) is 60.8 Å². The Kier molecular flexibility index (Phi) is 7.75. The van der Waals surface area contributed by atoms with Gasteiger partial charge < -0.3 is 9.64 Å². The van der Waals surface area contributed by atoms with Crippen molar-refractivity contribution in [3.05, 3.63) is 63.7 Å². The van der Waals surface area contributed by atoms with E-state index in [0.29, 0.717) is 11.3 Å². The van der Waals surface area contributed by atoms with Gasteiger partial charge in [-0.2, -0.15) is 0 Å². The molecule has 1 amide bonds. The number of ether oxygens (including phenoxy) is 1. The van der Waals surface area contributed by atoms with Gasteiger partial charge in [-0.05, 0) is 38.5 Å². The first kappa shape index (κ1) is 24.7. The molecule has 176 valence electrons. The number of nitro groups is 1. The van der Waals surface area contributed by atoms with Gasteiger partial charge >= 0.3 is 5.97 Å². The maximum atomic E-state index is 12.8. The molecule has 0 spiro atoms. The molecule has 0 saturated carbocycles. The van der Waals surface area contributed by atoms with Gasteiger partial charge in [-0.15, -0.1) is 0 Å². The number of rotatable bonds is 8. The molecular formula is C22H24N2O7S2. The third kappa shape index (κ3) is 6.32. The second-order valence-electron chi connectivity index (χ2n) is 7.67. The van der Waals surface area contributed by atoms with E-state index in [2.05, 4.69) is 0 Å². The maximum absolute atomic E-state index is 12.8. The lowest BCUT2D eigenvalue weighted by molar-refractivity contribution is -0.384. The van der Waals surface area contributed by atoms with E-state index < -0.39 is 39.3 Å². The lowest BCUT2D eigenvalue weighted by Crippen LogP contribution is -2.43. The van der Waals surface area contributed by atoms with Gasteiger partial charge in [0.25, 0.3) is 11.6 Å². The van der Waals surface area contributed by atoms with Crippen molar-refractivity contribution in [3.8, 4) is 0 Å². The lowest BCUT2D eigenvalue weighted by atomic mass is 10.2. The first-order valence-electron chi connectivity index (χ1n) is 10.3. The summed E-state index contributed by atoms with van der Waals surface area (Å²) in [6.07, 6.45) is 0.345. The lowest BCUT2D eigenvalue weighted by Gasteiger charge is -2.26. The van der Waals surface area contributed by atoms with Crippen LogP contribution in [0.1, 0.15) is 29.3 Å². The molecule has 1 aliphatic rings. The smallest absolute Gasteiger partial charge is 0.340 e. The monoisotopic (exact) mass is 492 g/mol. The number of hydrogen-bond donors (Lipinski definition) is 0. The molecule has 1 unspecified atom stereocenters. The molecule has 1 fully saturated rings. The second-order valence-corrected chi connectivity index (χ2v) is 11.0. The number of non-ortho nitro benzene ring substituents is 1. The van der Waals surface area contributed by atoms with Crippen molar-refractivity contribution < 1.29 is 27.7 Å². The highest BCUT2D eigenvalue weighted by Gasteiger charge is 2.34. The Morgan fingerprint density at radius 2 is 1.91 bits per heavy atom. The van der Waals surface area contributed by atoms with Crippen molar-refractivity contribution >= 4 is 39.2 Å². The van der Waals surface area contributed by atoms with Gasteiger partial charge in [-0.3, -0.25) is 14.9 Å². The van der Waals surface area contributed by atoms with E-state index in [1.807, 2.05) is 31.2 Å². The van der Waals surface area contributed by atoms with Crippen LogP contribution < -0.4 is 0 Å². The van der Waals surface area contributed by atoms with E-state index in [4.69, 9.17) is 4.74 Å². The predicted octanol–water partition coefficient (Wildman–Crippen LogP) is 3.25. The summed E-state index contributed by atoms with van der Waals surface area (Å²) in [5.41, 5.74) is 0.777. The van der Waals surface area contributed by atoms with Gasteiger partial charge in [-0.1, -0.05) is 29.5 Å². The third-order valence-corrected chi connectivity index (χ3v) is 8.11. The Bertz CT molecular complexity index is 1160. The number of carbonyl (C=O) groups is 2. The van der Waals surface area contributed by atoms with Crippen molar-refractivity contribution in [1.29, 1.82) is 0 Å². The molecule has 1 atom stereocenters. The molecule has 0 radical (unpaired) electrons. The zero-order chi connectivity index (χ0) is 24.2. The first-order chi connectivity index (χ1) is 15.6. The fourth-order valence-corrected chi connectivity index (χ4v) is 6.21. The molecule has 1 saturated heterocycles. The maximum Gasteiger partial charge on any atom is 0.340 e. The van der Waals surface area contributed by atoms with Gasteiger partial charge in [0.1, 0.15) is 0 Å². The number of likely N-dealkylation sites (N-methyl/N-ethyl adjacent to an activating group) is 1. The number of hydrogen-bond acceptors (Lipinski definition) is 8. The topological polar surface area (TPSA) is 124 Å². The fourth-order valence-electron chi connectivity index (χ4n) is 3.56. The van der Waals surface area contributed by atoms with Crippen molar-refractivity contribution in [3.63, 3.8) is 0 Å². The van der Waals surface area contributed by atoms with Crippen LogP contribution in [0.2, 0.25) is 0 Å². The van der Waals surface area contributed by atoms with Crippen LogP contribution in [-0.2, 0) is 19.4 Å². The number of benzene rings is 2. The van der Waals surface area contributed by atoms with Gasteiger partial charge in [-0.25, -0.2) is 13.2 Å². The van der Waals surface area contributed by atoms with Crippen LogP contribution in [0.5, 0.6) is 0 Å². The first-order valence-corrected chi connectivity index (χ1v) is 12.9. The average Bonchev–Trinajstić information content (AvgIpc) is 3.13. The number of sulfone groups is 1. The molecular weight excluding hydrogens is 468 g/mol. The summed E-state index contributed by atoms with van der Waals surface area (Å²) >= 11 is 1.25. The minimum atomic E-state index is -3.18. The number of carbonyl (C=O) groups excluding carboxylic acids is 2. The molecule has 0 aliphatic carbocycles. The molecule has 1 aliphatic heterocycles. The summed E-state index contributed by atoms with van der Waals surface area (Å²) in [6.45, 7) is 3.37. The number of nitro benzene ring substituents is 1. The Labute approximate surface area is 196 Å². The van der Waals surface area contributed by atoms with Crippen molar-refractivity contribution in [2.45, 2.75) is 36.1 Å². The Hall–Kier alpha value is -2.92. The second kappa shape index (κ2) is 10.3. The number of nitrogens with zero attached hydrogens (tertiary/aromatic N) is 2. The van der Waals surface area contributed by atoms with E-state index in [-0.39, 0.29) is 29.3 Å². The van der Waals surface area contributed by atoms with Gasteiger partial charge in [0.15, 0.2) is 16.4 Å². The quantitative estimate of drug-likeness (QED) is 0.312. The Balaban J connectivity index is 1.75. The minimum absolute atomic E-state index is 0.0194. The van der Waals surface area contributed by atoms with Crippen LogP contribution in [0.15, 0.2) is 52.3 Å². The van der Waals surface area contributed by atoms with E-state index in [1.165, 1.54) is 28.8 Å². The summed E-state index contributed by atoms with van der Waals surface area (Å²) < 4.78 is 28.7. The summed E-state index contributed by atoms with van der Waals surface area (Å²) in [5.74, 6) is -1.46. The summed E-state index contributed by atoms with van der Waals surface area (Å²) in [7, 11) is -3.18. The van der Waals surface area contributed by atoms with Crippen LogP contribution in [0.4, 0.5) is 5.69 Å². The summed E-state index contributed by atoms with van der Waals surface area (Å²) in [5, 5.41) is 11.2. The predicted molar refractivity (Wildman–Crippen MR) is 123 cm³/mol. The van der Waals surface area contributed by atoms with Crippen molar-refractivity contribution in [1.82, 2.24) is 4.90 Å². The zero-order valence-electron chi connectivity index (χ0n) is 18.2. The Morgan fingerprint density at radius 3 is 2.48 bits per heavy atom. The average molecular weight is 493 g/mol. The molecule has 2 aromatic carbocycles. The molecule has 0 N–H and O–H groups in total. The highest BCUT2D eigenvalue weighted by atomic mass is 32.2. The summed E-state index contributed by atoms with van der Waals surface area (Å²) in [6, 6.07) is 11.0. The third-order valence-electron chi connectivity index (χ3n) is 5.28. The number of amides is 1. The van der Waals surface area contributed by atoms with Crippen LogP contribution in [0.25, 0.3) is 0 Å². The molecule has 0 bridgehead atoms. The highest BCUT2D eigenvalue weighted by Crippen LogP contribution is 2.33. The summed E-state index contributed by atoms with van der Waals surface area (Å²) in [4.78, 5) is 38.7. The van der Waals surface area contributed by atoms with E-state index >= 15 is 0 Å². The van der Waals surface area contributed by atoms with E-state index in [1.54, 1.807) is 6.92 Å². The zero-order valence-corrected chi connectivity index (χ0v) is 19.9. The molecule has 9 nitrogen and oxygen atoms in total. The highest BCUT2D eigenvalue weighted by molar-refractivity contribution is 7.99. The molecule has 0 aromatic heterocycles. The van der Waals surface area contributed by atoms with Crippen molar-refractivity contribution in [2.24, 2.45) is 0 Å². The molecule has 11 heteroatoms. The molecule has 3 rings (SSSR count). The molecule has 2 aromatic rings. The fraction of sp³-hybridized carbons (Fsp3) is 0.364.